The Morgan fingerprint density at radius 1 is 1.39 bits per heavy atom. The highest BCUT2D eigenvalue weighted by molar-refractivity contribution is 7.09. The van der Waals surface area contributed by atoms with E-state index in [2.05, 4.69) is 15.3 Å². The minimum absolute atomic E-state index is 0. The van der Waals surface area contributed by atoms with Gasteiger partial charge >= 0.3 is 0 Å². The molecule has 0 saturated carbocycles. The lowest BCUT2D eigenvalue weighted by Crippen LogP contribution is -2.12. The quantitative estimate of drug-likeness (QED) is 0.736. The second-order valence-electron chi connectivity index (χ2n) is 4.76. The number of carbonyl (C=O) groups excluding carboxylic acids is 1. The molecule has 2 heterocycles. The van der Waals surface area contributed by atoms with Gasteiger partial charge in [-0.25, -0.2) is 9.97 Å². The number of rotatable bonds is 5. The maximum atomic E-state index is 12.2. The second-order valence-corrected chi connectivity index (χ2v) is 5.71. The van der Waals surface area contributed by atoms with Crippen LogP contribution in [-0.2, 0) is 12.8 Å². The Kier molecular flexibility index (Phi) is 5.70. The zero-order chi connectivity index (χ0) is 15.5. The lowest BCUT2D eigenvalue weighted by Gasteiger charge is -2.02. The molecule has 0 aliphatic heterocycles. The van der Waals surface area contributed by atoms with E-state index in [1.165, 1.54) is 11.3 Å². The van der Waals surface area contributed by atoms with Gasteiger partial charge in [0, 0.05) is 23.9 Å². The van der Waals surface area contributed by atoms with Crippen LogP contribution in [0.2, 0.25) is 0 Å². The van der Waals surface area contributed by atoms with Gasteiger partial charge in [0.25, 0.3) is 5.91 Å². The SMILES string of the molecule is CCc1nc2cc(NC(=O)c3csc(CCN)n3)ccc2o1.Cl. The number of benzene rings is 1. The third-order valence-electron chi connectivity index (χ3n) is 3.13. The monoisotopic (exact) mass is 352 g/mol. The molecule has 1 amide bonds. The summed E-state index contributed by atoms with van der Waals surface area (Å²) in [6, 6.07) is 5.39. The second kappa shape index (κ2) is 7.54. The first-order valence-corrected chi connectivity index (χ1v) is 7.93. The summed E-state index contributed by atoms with van der Waals surface area (Å²) in [4.78, 5) is 20.8. The predicted molar refractivity (Wildman–Crippen MR) is 93.5 cm³/mol. The highest BCUT2D eigenvalue weighted by atomic mass is 35.5. The molecule has 2 aromatic heterocycles. The first kappa shape index (κ1) is 17.4. The molecule has 0 saturated heterocycles. The summed E-state index contributed by atoms with van der Waals surface area (Å²) in [6.45, 7) is 2.51. The van der Waals surface area contributed by atoms with E-state index in [1.807, 2.05) is 6.92 Å². The van der Waals surface area contributed by atoms with Crippen molar-refractivity contribution in [3.05, 3.63) is 40.2 Å². The van der Waals surface area contributed by atoms with Gasteiger partial charge in [0.15, 0.2) is 11.5 Å². The number of oxazole rings is 1. The Bertz CT molecular complexity index is 815. The smallest absolute Gasteiger partial charge is 0.275 e. The van der Waals surface area contributed by atoms with Crippen molar-refractivity contribution in [2.75, 3.05) is 11.9 Å². The van der Waals surface area contributed by atoms with Crippen LogP contribution in [0.4, 0.5) is 5.69 Å². The number of aromatic nitrogens is 2. The molecule has 0 bridgehead atoms. The summed E-state index contributed by atoms with van der Waals surface area (Å²) in [7, 11) is 0. The zero-order valence-electron chi connectivity index (χ0n) is 12.5. The van der Waals surface area contributed by atoms with Crippen molar-refractivity contribution in [3.8, 4) is 0 Å². The number of nitrogens with one attached hydrogen (secondary N) is 1. The number of hydrogen-bond acceptors (Lipinski definition) is 6. The maximum Gasteiger partial charge on any atom is 0.275 e. The van der Waals surface area contributed by atoms with Crippen molar-refractivity contribution in [1.82, 2.24) is 9.97 Å². The molecule has 3 N–H and O–H groups in total. The van der Waals surface area contributed by atoms with Gasteiger partial charge in [-0.2, -0.15) is 0 Å². The molecule has 3 rings (SSSR count). The molecule has 0 radical (unpaired) electrons. The minimum atomic E-state index is -0.238. The molecule has 122 valence electrons. The van der Waals surface area contributed by atoms with Crippen LogP contribution in [-0.4, -0.2) is 22.4 Å². The number of hydrogen-bond donors (Lipinski definition) is 2. The third-order valence-corrected chi connectivity index (χ3v) is 4.04. The van der Waals surface area contributed by atoms with Gasteiger partial charge in [0.05, 0.1) is 5.01 Å². The normalized spacial score (nSPS) is 10.5. The van der Waals surface area contributed by atoms with Crippen LogP contribution < -0.4 is 11.1 Å². The maximum absolute atomic E-state index is 12.2. The molecule has 1 aromatic carbocycles. The van der Waals surface area contributed by atoms with Gasteiger partial charge in [-0.05, 0) is 24.7 Å². The van der Waals surface area contributed by atoms with E-state index in [0.717, 1.165) is 16.9 Å². The topological polar surface area (TPSA) is 94.0 Å². The Labute approximate surface area is 143 Å². The van der Waals surface area contributed by atoms with Crippen LogP contribution in [0.25, 0.3) is 11.1 Å². The largest absolute Gasteiger partial charge is 0.441 e. The molecule has 0 aliphatic carbocycles. The lowest BCUT2D eigenvalue weighted by atomic mass is 10.3. The van der Waals surface area contributed by atoms with Crippen molar-refractivity contribution in [2.24, 2.45) is 5.73 Å². The number of amides is 1. The van der Waals surface area contributed by atoms with Crippen LogP contribution in [0.1, 0.15) is 28.3 Å². The van der Waals surface area contributed by atoms with Crippen LogP contribution in [0.15, 0.2) is 28.0 Å². The zero-order valence-corrected chi connectivity index (χ0v) is 14.2. The number of nitrogens with two attached hydrogens (primary N) is 1. The molecule has 0 unspecified atom stereocenters. The fourth-order valence-corrected chi connectivity index (χ4v) is 2.85. The van der Waals surface area contributed by atoms with Crippen LogP contribution >= 0.6 is 23.7 Å². The number of nitrogens with zero attached hydrogens (tertiary/aromatic N) is 2. The van der Waals surface area contributed by atoms with Crippen molar-refractivity contribution >= 4 is 46.4 Å². The third kappa shape index (κ3) is 3.87. The number of fused-ring (bicyclic) bond motifs is 1. The van der Waals surface area contributed by atoms with Gasteiger partial charge in [0.1, 0.15) is 11.2 Å². The number of aryl methyl sites for hydroxylation is 1. The lowest BCUT2D eigenvalue weighted by molar-refractivity contribution is 0.102. The van der Waals surface area contributed by atoms with Gasteiger partial charge in [0.2, 0.25) is 0 Å². The number of anilines is 1. The Morgan fingerprint density at radius 2 is 2.22 bits per heavy atom. The first-order chi connectivity index (χ1) is 10.7. The van der Waals surface area contributed by atoms with Crippen LogP contribution in [0.5, 0.6) is 0 Å². The van der Waals surface area contributed by atoms with Crippen molar-refractivity contribution in [1.29, 1.82) is 0 Å². The highest BCUT2D eigenvalue weighted by Gasteiger charge is 2.12. The fraction of sp³-hybridized carbons (Fsp3) is 0.267. The molecular weight excluding hydrogens is 336 g/mol. The molecule has 3 aromatic rings. The van der Waals surface area contributed by atoms with Crippen molar-refractivity contribution in [2.45, 2.75) is 19.8 Å². The highest BCUT2D eigenvalue weighted by Crippen LogP contribution is 2.21. The summed E-state index contributed by atoms with van der Waals surface area (Å²) in [5.41, 5.74) is 8.01. The van der Waals surface area contributed by atoms with E-state index in [1.54, 1.807) is 23.6 Å². The molecule has 0 atom stereocenters. The average Bonchev–Trinajstić information content (AvgIpc) is 3.13. The number of halogens is 1. The van der Waals surface area contributed by atoms with Crippen LogP contribution in [0.3, 0.4) is 0 Å². The standard InChI is InChI=1S/C15H16N4O2S.ClH/c1-2-13-18-10-7-9(3-4-12(10)21-13)17-15(20)11-8-22-14(19-11)5-6-16;/h3-4,7-8H,2,5-6,16H2,1H3,(H,17,20);1H. The first-order valence-electron chi connectivity index (χ1n) is 7.05. The van der Waals surface area contributed by atoms with E-state index >= 15 is 0 Å². The average molecular weight is 353 g/mol. The Morgan fingerprint density at radius 3 is 2.96 bits per heavy atom. The van der Waals surface area contributed by atoms with E-state index in [0.29, 0.717) is 35.8 Å². The summed E-state index contributed by atoms with van der Waals surface area (Å²) in [5, 5.41) is 5.43. The predicted octanol–water partition coefficient (Wildman–Crippen LogP) is 3.02. The van der Waals surface area contributed by atoms with E-state index < -0.39 is 0 Å². The summed E-state index contributed by atoms with van der Waals surface area (Å²) < 4.78 is 5.55. The summed E-state index contributed by atoms with van der Waals surface area (Å²) in [6.07, 6.45) is 1.42. The molecule has 0 aliphatic rings. The van der Waals surface area contributed by atoms with E-state index in [4.69, 9.17) is 10.2 Å². The van der Waals surface area contributed by atoms with Crippen LogP contribution in [0, 0.1) is 0 Å². The minimum Gasteiger partial charge on any atom is -0.441 e. The summed E-state index contributed by atoms with van der Waals surface area (Å²) in [5.74, 6) is 0.447. The van der Waals surface area contributed by atoms with Gasteiger partial charge < -0.3 is 15.5 Å². The molecule has 8 heteroatoms. The van der Waals surface area contributed by atoms with Crippen molar-refractivity contribution < 1.29 is 9.21 Å². The molecule has 23 heavy (non-hydrogen) atoms. The molecule has 0 fully saturated rings. The molecular formula is C15H17ClN4O2S. The van der Waals surface area contributed by atoms with Gasteiger partial charge in [-0.1, -0.05) is 6.92 Å². The molecule has 6 nitrogen and oxygen atoms in total. The fourth-order valence-electron chi connectivity index (χ4n) is 2.05. The Hall–Kier alpha value is -1.96. The Balaban J connectivity index is 0.00000192. The summed E-state index contributed by atoms with van der Waals surface area (Å²) >= 11 is 1.44. The molecule has 0 spiro atoms. The number of carbonyl (C=O) groups is 1. The van der Waals surface area contributed by atoms with Crippen molar-refractivity contribution in [3.63, 3.8) is 0 Å². The van der Waals surface area contributed by atoms with Gasteiger partial charge in [-0.3, -0.25) is 4.79 Å². The van der Waals surface area contributed by atoms with Gasteiger partial charge in [-0.15, -0.1) is 23.7 Å². The van der Waals surface area contributed by atoms with E-state index in [9.17, 15) is 4.79 Å². The van der Waals surface area contributed by atoms with E-state index in [-0.39, 0.29) is 18.3 Å². The number of thiazole rings is 1.